The molecule has 3 amide bonds. The molecule has 0 radical (unpaired) electrons. The summed E-state index contributed by atoms with van der Waals surface area (Å²) < 4.78 is 0. The highest BCUT2D eigenvalue weighted by Crippen LogP contribution is 2.13. The maximum Gasteiger partial charge on any atom is 0.331 e. The number of rotatable bonds is 2. The predicted octanol–water partition coefficient (Wildman–Crippen LogP) is 0.421. The molecule has 0 bridgehead atoms. The second-order valence-electron chi connectivity index (χ2n) is 4.29. The molecule has 1 atom stereocenters. The van der Waals surface area contributed by atoms with Crippen LogP contribution in [0.15, 0.2) is 34.5 Å². The molecule has 2 rings (SSSR count). The number of amides is 3. The highest BCUT2D eigenvalue weighted by Gasteiger charge is 2.40. The number of carbonyl (C=O) groups excluding carboxylic acids is 2. The normalized spacial score (nSPS) is 22.1. The molecule has 1 fully saturated rings. The van der Waals surface area contributed by atoms with Crippen molar-refractivity contribution in [3.05, 3.63) is 30.1 Å². The van der Waals surface area contributed by atoms with E-state index in [4.69, 9.17) is 0 Å². The molecule has 0 N–H and O–H groups in total. The van der Waals surface area contributed by atoms with Gasteiger partial charge in [0.2, 0.25) is 0 Å². The molecule has 1 aromatic heterocycles. The first-order chi connectivity index (χ1) is 9.56. The predicted molar refractivity (Wildman–Crippen MR) is 74.9 cm³/mol. The van der Waals surface area contributed by atoms with Crippen molar-refractivity contribution in [3.8, 4) is 0 Å². The number of aliphatic imine (C=N–C) groups is 2. The molecule has 1 unspecified atom stereocenters. The maximum atomic E-state index is 12.1. The van der Waals surface area contributed by atoms with E-state index >= 15 is 0 Å². The zero-order valence-corrected chi connectivity index (χ0v) is 11.5. The Kier molecular flexibility index (Phi) is 3.88. The molecule has 104 valence electrons. The zero-order chi connectivity index (χ0) is 14.7. The zero-order valence-electron chi connectivity index (χ0n) is 11.5. The Morgan fingerprint density at radius 1 is 1.30 bits per heavy atom. The molecule has 20 heavy (non-hydrogen) atoms. The summed E-state index contributed by atoms with van der Waals surface area (Å²) in [7, 11) is 4.53. The van der Waals surface area contributed by atoms with E-state index in [1.54, 1.807) is 31.7 Å². The average Bonchev–Trinajstić information content (AvgIpc) is 2.48. The van der Waals surface area contributed by atoms with E-state index in [1.165, 1.54) is 19.0 Å². The Morgan fingerprint density at radius 2 is 2.05 bits per heavy atom. The lowest BCUT2D eigenvalue weighted by Gasteiger charge is -2.33. The Bertz CT molecular complexity index is 582. The Balaban J connectivity index is 2.31. The van der Waals surface area contributed by atoms with Crippen LogP contribution >= 0.6 is 0 Å². The van der Waals surface area contributed by atoms with Gasteiger partial charge in [0.25, 0.3) is 5.91 Å². The number of hydrogen-bond acceptors (Lipinski definition) is 5. The third kappa shape index (κ3) is 2.42. The fraction of sp³-hybridized carbons (Fsp3) is 0.308. The van der Waals surface area contributed by atoms with Crippen molar-refractivity contribution in [2.75, 3.05) is 21.1 Å². The van der Waals surface area contributed by atoms with Crippen molar-refractivity contribution < 1.29 is 9.59 Å². The van der Waals surface area contributed by atoms with E-state index in [1.807, 2.05) is 6.07 Å². The lowest BCUT2D eigenvalue weighted by Crippen LogP contribution is -2.59. The van der Waals surface area contributed by atoms with E-state index in [0.29, 0.717) is 5.84 Å². The van der Waals surface area contributed by atoms with E-state index in [2.05, 4.69) is 15.0 Å². The minimum Gasteiger partial charge on any atom is -0.283 e. The van der Waals surface area contributed by atoms with Crippen LogP contribution in [0.5, 0.6) is 0 Å². The molecule has 1 aliphatic rings. The molecule has 1 aliphatic heterocycles. The van der Waals surface area contributed by atoms with Crippen LogP contribution in [-0.4, -0.2) is 66.0 Å². The van der Waals surface area contributed by atoms with Crippen molar-refractivity contribution in [3.63, 3.8) is 0 Å². The van der Waals surface area contributed by atoms with Crippen LogP contribution in [0.25, 0.3) is 0 Å². The van der Waals surface area contributed by atoms with Gasteiger partial charge >= 0.3 is 6.03 Å². The smallest absolute Gasteiger partial charge is 0.283 e. The topological polar surface area (TPSA) is 78.2 Å². The van der Waals surface area contributed by atoms with Crippen molar-refractivity contribution in [2.24, 2.45) is 9.98 Å². The average molecular weight is 273 g/mol. The molecule has 2 heterocycles. The summed E-state index contributed by atoms with van der Waals surface area (Å²) in [6, 6.07) is 2.38. The van der Waals surface area contributed by atoms with E-state index < -0.39 is 18.0 Å². The quantitative estimate of drug-likeness (QED) is 0.733. The highest BCUT2D eigenvalue weighted by molar-refractivity contribution is 6.20. The molecule has 0 aromatic carbocycles. The van der Waals surface area contributed by atoms with Gasteiger partial charge in [-0.05, 0) is 6.07 Å². The molecule has 7 heteroatoms. The summed E-state index contributed by atoms with van der Waals surface area (Å²) in [6.07, 6.45) is 4.85. The number of nitrogens with zero attached hydrogens (tertiary/aromatic N) is 5. The second-order valence-corrected chi connectivity index (χ2v) is 4.29. The lowest BCUT2D eigenvalue weighted by atomic mass is 10.2. The first-order valence-electron chi connectivity index (χ1n) is 6.01. The first-order valence-corrected chi connectivity index (χ1v) is 6.01. The monoisotopic (exact) mass is 273 g/mol. The second kappa shape index (κ2) is 5.60. The lowest BCUT2D eigenvalue weighted by molar-refractivity contribution is -0.128. The van der Waals surface area contributed by atoms with Crippen molar-refractivity contribution in [1.82, 2.24) is 14.8 Å². The van der Waals surface area contributed by atoms with Crippen LogP contribution in [0, 0.1) is 0 Å². The van der Waals surface area contributed by atoms with Gasteiger partial charge in [-0.2, -0.15) is 0 Å². The van der Waals surface area contributed by atoms with Crippen LogP contribution in [0.3, 0.4) is 0 Å². The van der Waals surface area contributed by atoms with E-state index in [9.17, 15) is 9.59 Å². The molecular formula is C13H15N5O2. The number of pyridine rings is 1. The van der Waals surface area contributed by atoms with Gasteiger partial charge in [-0.15, -0.1) is 0 Å². The third-order valence-electron chi connectivity index (χ3n) is 3.01. The first kappa shape index (κ1) is 13.9. The van der Waals surface area contributed by atoms with E-state index in [-0.39, 0.29) is 0 Å². The van der Waals surface area contributed by atoms with Crippen LogP contribution in [0.4, 0.5) is 4.79 Å². The summed E-state index contributed by atoms with van der Waals surface area (Å²) in [5.74, 6) is -0.0629. The number of aromatic nitrogens is 1. The van der Waals surface area contributed by atoms with Gasteiger partial charge in [0, 0.05) is 45.3 Å². The van der Waals surface area contributed by atoms with Crippen LogP contribution in [0.1, 0.15) is 5.56 Å². The molecule has 0 aliphatic carbocycles. The van der Waals surface area contributed by atoms with Gasteiger partial charge in [0.1, 0.15) is 5.84 Å². The van der Waals surface area contributed by atoms with Crippen LogP contribution in [0.2, 0.25) is 0 Å². The SMILES string of the molecule is CN=C1C(N=Cc2cccnc2)C(=O)N(C)C(=O)N1C. The summed E-state index contributed by atoms with van der Waals surface area (Å²) in [6.45, 7) is 0. The molecule has 1 saturated heterocycles. The third-order valence-corrected chi connectivity index (χ3v) is 3.01. The Labute approximate surface area is 116 Å². The van der Waals surface area contributed by atoms with Gasteiger partial charge in [0.15, 0.2) is 6.04 Å². The number of hydrogen-bond donors (Lipinski definition) is 0. The Hall–Kier alpha value is -2.57. The van der Waals surface area contributed by atoms with Crippen molar-refractivity contribution in [2.45, 2.75) is 6.04 Å². The van der Waals surface area contributed by atoms with Crippen LogP contribution in [-0.2, 0) is 4.79 Å². The number of likely N-dealkylation sites (N-methyl/N-ethyl adjacent to an activating group) is 2. The van der Waals surface area contributed by atoms with Crippen LogP contribution < -0.4 is 0 Å². The summed E-state index contributed by atoms with van der Waals surface area (Å²) in [5.41, 5.74) is 0.776. The summed E-state index contributed by atoms with van der Waals surface area (Å²) >= 11 is 0. The minimum atomic E-state index is -0.812. The van der Waals surface area contributed by atoms with Crippen molar-refractivity contribution >= 4 is 24.0 Å². The summed E-state index contributed by atoms with van der Waals surface area (Å²) in [5, 5.41) is 0. The highest BCUT2D eigenvalue weighted by atomic mass is 16.2. The number of imide groups is 1. The fourth-order valence-corrected chi connectivity index (χ4v) is 1.91. The minimum absolute atomic E-state index is 0.332. The molecule has 0 saturated carbocycles. The van der Waals surface area contributed by atoms with Gasteiger partial charge in [0.05, 0.1) is 0 Å². The maximum absolute atomic E-state index is 12.1. The summed E-state index contributed by atoms with van der Waals surface area (Å²) in [4.78, 5) is 38.5. The number of amidine groups is 1. The molecule has 7 nitrogen and oxygen atoms in total. The van der Waals surface area contributed by atoms with Gasteiger partial charge in [-0.3, -0.25) is 29.6 Å². The molecule has 1 aromatic rings. The van der Waals surface area contributed by atoms with Gasteiger partial charge in [-0.25, -0.2) is 4.79 Å². The molecule has 0 spiro atoms. The Morgan fingerprint density at radius 3 is 2.65 bits per heavy atom. The number of urea groups is 1. The number of carbonyl (C=O) groups is 2. The fourth-order valence-electron chi connectivity index (χ4n) is 1.91. The van der Waals surface area contributed by atoms with Crippen molar-refractivity contribution in [1.29, 1.82) is 0 Å². The standard InChI is InChI=1S/C13H15N5O2/c1-14-11-10(12(19)18(3)13(20)17(11)2)16-8-9-5-4-6-15-7-9/h4-8,10H,1-3H3. The largest absolute Gasteiger partial charge is 0.331 e. The van der Waals surface area contributed by atoms with E-state index in [0.717, 1.165) is 10.5 Å². The van der Waals surface area contributed by atoms with Gasteiger partial charge < -0.3 is 0 Å². The molecular weight excluding hydrogens is 258 g/mol. The van der Waals surface area contributed by atoms with Gasteiger partial charge in [-0.1, -0.05) is 6.07 Å².